The Morgan fingerprint density at radius 3 is 2.50 bits per heavy atom. The molecule has 0 heterocycles. The molecule has 1 unspecified atom stereocenters. The number of nitrogens with one attached hydrogen (secondary N) is 1. The predicted molar refractivity (Wildman–Crippen MR) is 77.1 cm³/mol. The van der Waals surface area contributed by atoms with Gasteiger partial charge in [0.2, 0.25) is 5.91 Å². The first kappa shape index (κ1) is 14.6. The monoisotopic (exact) mass is 293 g/mol. The fourth-order valence-corrected chi connectivity index (χ4v) is 2.22. The standard InChI is InChI=1S/C15H16ClNO3/c1-15(2)8-10(15)13(18)17-12(14(19)20)7-9-5-3-4-6-11(9)16/h3-7,10H,8H2,1-2H3,(H,17,18)(H,19,20). The Hall–Kier alpha value is -1.81. The van der Waals surface area contributed by atoms with Gasteiger partial charge in [-0.3, -0.25) is 4.79 Å². The van der Waals surface area contributed by atoms with E-state index in [1.165, 1.54) is 6.08 Å². The van der Waals surface area contributed by atoms with E-state index in [2.05, 4.69) is 5.32 Å². The summed E-state index contributed by atoms with van der Waals surface area (Å²) in [6, 6.07) is 6.87. The van der Waals surface area contributed by atoms with Crippen molar-refractivity contribution in [1.29, 1.82) is 0 Å². The number of amides is 1. The number of rotatable bonds is 4. The highest BCUT2D eigenvalue weighted by atomic mass is 35.5. The molecule has 1 aliphatic rings. The number of carboxylic acids is 1. The van der Waals surface area contributed by atoms with E-state index in [9.17, 15) is 14.7 Å². The molecule has 4 nitrogen and oxygen atoms in total. The molecule has 1 fully saturated rings. The van der Waals surface area contributed by atoms with E-state index in [1.807, 2.05) is 13.8 Å². The van der Waals surface area contributed by atoms with Crippen LogP contribution in [0.5, 0.6) is 0 Å². The molecule has 1 saturated carbocycles. The van der Waals surface area contributed by atoms with Crippen LogP contribution in [0.15, 0.2) is 30.0 Å². The fraction of sp³-hybridized carbons (Fsp3) is 0.333. The van der Waals surface area contributed by atoms with E-state index < -0.39 is 5.97 Å². The Bertz CT molecular complexity index is 593. The fourth-order valence-electron chi connectivity index (χ4n) is 2.03. The summed E-state index contributed by atoms with van der Waals surface area (Å²) in [5.41, 5.74) is 0.352. The lowest BCUT2D eigenvalue weighted by Gasteiger charge is -2.08. The first-order valence-corrected chi connectivity index (χ1v) is 6.69. The topological polar surface area (TPSA) is 66.4 Å². The molecule has 2 rings (SSSR count). The minimum atomic E-state index is -1.18. The number of carboxylic acid groups (broad SMARTS) is 1. The van der Waals surface area contributed by atoms with Crippen LogP contribution in [0.2, 0.25) is 5.02 Å². The first-order valence-electron chi connectivity index (χ1n) is 6.31. The van der Waals surface area contributed by atoms with Gasteiger partial charge >= 0.3 is 5.97 Å². The largest absolute Gasteiger partial charge is 0.477 e. The Morgan fingerprint density at radius 2 is 2.00 bits per heavy atom. The molecule has 0 bridgehead atoms. The summed E-state index contributed by atoms with van der Waals surface area (Å²) in [6.07, 6.45) is 2.15. The van der Waals surface area contributed by atoms with Crippen LogP contribution < -0.4 is 5.32 Å². The van der Waals surface area contributed by atoms with Crippen molar-refractivity contribution in [2.24, 2.45) is 11.3 Å². The normalized spacial score (nSPS) is 20.4. The molecular formula is C15H16ClNO3. The average molecular weight is 294 g/mol. The van der Waals surface area contributed by atoms with Crippen LogP contribution in [0.4, 0.5) is 0 Å². The third kappa shape index (κ3) is 3.20. The van der Waals surface area contributed by atoms with Gasteiger partial charge in [0, 0.05) is 10.9 Å². The van der Waals surface area contributed by atoms with Crippen molar-refractivity contribution in [3.05, 3.63) is 40.5 Å². The van der Waals surface area contributed by atoms with Gasteiger partial charge in [-0.1, -0.05) is 43.6 Å². The maximum Gasteiger partial charge on any atom is 0.352 e. The number of hydrogen-bond donors (Lipinski definition) is 2. The second-order valence-corrected chi connectivity index (χ2v) is 6.03. The highest BCUT2D eigenvalue weighted by Gasteiger charge is 2.50. The Morgan fingerprint density at radius 1 is 1.40 bits per heavy atom. The quantitative estimate of drug-likeness (QED) is 0.839. The molecule has 2 N–H and O–H groups in total. The minimum Gasteiger partial charge on any atom is -0.477 e. The molecule has 1 aromatic carbocycles. The lowest BCUT2D eigenvalue weighted by Crippen LogP contribution is -2.29. The zero-order chi connectivity index (χ0) is 14.9. The van der Waals surface area contributed by atoms with Gasteiger partial charge in [0.25, 0.3) is 0 Å². The number of carbonyl (C=O) groups excluding carboxylic acids is 1. The summed E-state index contributed by atoms with van der Waals surface area (Å²) in [7, 11) is 0. The summed E-state index contributed by atoms with van der Waals surface area (Å²) >= 11 is 5.98. The zero-order valence-corrected chi connectivity index (χ0v) is 12.1. The molecule has 106 valence electrons. The molecule has 0 radical (unpaired) electrons. The Labute approximate surface area is 122 Å². The number of halogens is 1. The molecule has 1 amide bonds. The second kappa shape index (κ2) is 5.29. The smallest absolute Gasteiger partial charge is 0.352 e. The van der Waals surface area contributed by atoms with Crippen molar-refractivity contribution in [2.45, 2.75) is 20.3 Å². The molecule has 0 aliphatic heterocycles. The number of hydrogen-bond acceptors (Lipinski definition) is 2. The van der Waals surface area contributed by atoms with Crippen molar-refractivity contribution < 1.29 is 14.7 Å². The van der Waals surface area contributed by atoms with E-state index in [0.29, 0.717) is 10.6 Å². The summed E-state index contributed by atoms with van der Waals surface area (Å²) in [4.78, 5) is 23.2. The molecule has 20 heavy (non-hydrogen) atoms. The van der Waals surface area contributed by atoms with Gasteiger partial charge in [-0.25, -0.2) is 4.79 Å². The van der Waals surface area contributed by atoms with Crippen molar-refractivity contribution >= 4 is 29.6 Å². The summed E-state index contributed by atoms with van der Waals surface area (Å²) < 4.78 is 0. The average Bonchev–Trinajstić information content (AvgIpc) is 3.00. The third-order valence-corrected chi connectivity index (χ3v) is 3.87. The van der Waals surface area contributed by atoms with Crippen molar-refractivity contribution in [3.8, 4) is 0 Å². The van der Waals surface area contributed by atoms with Crippen LogP contribution in [0.25, 0.3) is 6.08 Å². The lowest BCUT2D eigenvalue weighted by molar-refractivity contribution is -0.134. The lowest BCUT2D eigenvalue weighted by atomic mass is 10.1. The molecule has 1 atom stereocenters. The van der Waals surface area contributed by atoms with E-state index >= 15 is 0 Å². The van der Waals surface area contributed by atoms with Crippen LogP contribution in [-0.2, 0) is 9.59 Å². The third-order valence-electron chi connectivity index (χ3n) is 3.52. The number of benzene rings is 1. The second-order valence-electron chi connectivity index (χ2n) is 5.62. The van der Waals surface area contributed by atoms with Crippen LogP contribution >= 0.6 is 11.6 Å². The molecule has 1 aromatic rings. The molecular weight excluding hydrogens is 278 g/mol. The van der Waals surface area contributed by atoms with Gasteiger partial charge in [0.15, 0.2) is 0 Å². The van der Waals surface area contributed by atoms with Crippen LogP contribution in [0, 0.1) is 11.3 Å². The SMILES string of the molecule is CC1(C)CC1C(=O)NC(=Cc1ccccc1Cl)C(=O)O. The highest BCUT2D eigenvalue weighted by Crippen LogP contribution is 2.51. The van der Waals surface area contributed by atoms with E-state index in [4.69, 9.17) is 11.6 Å². The van der Waals surface area contributed by atoms with Gasteiger partial charge in [-0.05, 0) is 29.5 Å². The van der Waals surface area contributed by atoms with Gasteiger partial charge < -0.3 is 10.4 Å². The molecule has 5 heteroatoms. The summed E-state index contributed by atoms with van der Waals surface area (Å²) in [6.45, 7) is 3.96. The maximum absolute atomic E-state index is 12.0. The molecule has 0 aromatic heterocycles. The highest BCUT2D eigenvalue weighted by molar-refractivity contribution is 6.32. The van der Waals surface area contributed by atoms with Crippen molar-refractivity contribution in [3.63, 3.8) is 0 Å². The predicted octanol–water partition coefficient (Wildman–Crippen LogP) is 2.93. The maximum atomic E-state index is 12.0. The van der Waals surface area contributed by atoms with Crippen LogP contribution in [0.1, 0.15) is 25.8 Å². The summed E-state index contributed by atoms with van der Waals surface area (Å²) in [5, 5.41) is 12.1. The van der Waals surface area contributed by atoms with E-state index in [1.54, 1.807) is 24.3 Å². The van der Waals surface area contributed by atoms with Gasteiger partial charge in [-0.15, -0.1) is 0 Å². The van der Waals surface area contributed by atoms with Gasteiger partial charge in [-0.2, -0.15) is 0 Å². The number of carbonyl (C=O) groups is 2. The van der Waals surface area contributed by atoms with Crippen LogP contribution in [0.3, 0.4) is 0 Å². The van der Waals surface area contributed by atoms with Gasteiger partial charge in [0.05, 0.1) is 0 Å². The molecule has 0 spiro atoms. The van der Waals surface area contributed by atoms with Crippen molar-refractivity contribution in [1.82, 2.24) is 5.32 Å². The summed E-state index contributed by atoms with van der Waals surface area (Å²) in [5.74, 6) is -1.57. The van der Waals surface area contributed by atoms with Crippen LogP contribution in [-0.4, -0.2) is 17.0 Å². The number of aliphatic carboxylic acids is 1. The zero-order valence-electron chi connectivity index (χ0n) is 11.3. The molecule has 1 aliphatic carbocycles. The minimum absolute atomic E-state index is 0.0436. The van der Waals surface area contributed by atoms with E-state index in [0.717, 1.165) is 6.42 Å². The van der Waals surface area contributed by atoms with Crippen molar-refractivity contribution in [2.75, 3.05) is 0 Å². The molecule has 0 saturated heterocycles. The van der Waals surface area contributed by atoms with Gasteiger partial charge in [0.1, 0.15) is 5.70 Å². The Kier molecular flexibility index (Phi) is 3.86. The van der Waals surface area contributed by atoms with E-state index in [-0.39, 0.29) is 22.9 Å². The Balaban J connectivity index is 2.18. The first-order chi connectivity index (χ1) is 9.31.